The second kappa shape index (κ2) is 10.6. The summed E-state index contributed by atoms with van der Waals surface area (Å²) in [5.41, 5.74) is 0. The molecule has 2 nitrogen and oxygen atoms in total. The molecule has 0 amide bonds. The zero-order valence-corrected chi connectivity index (χ0v) is 11.4. The van der Waals surface area contributed by atoms with Gasteiger partial charge in [-0.2, -0.15) is 0 Å². The Hall–Kier alpha value is 0.110. The Kier molecular flexibility index (Phi) is 10.7. The molecule has 0 saturated carbocycles. The van der Waals surface area contributed by atoms with Crippen molar-refractivity contribution in [2.45, 2.75) is 58.9 Å². The van der Waals surface area contributed by atoms with E-state index >= 15 is 0 Å². The van der Waals surface area contributed by atoms with Gasteiger partial charge in [-0.15, -0.1) is 0 Å². The molecule has 0 saturated heterocycles. The average molecular weight is 233 g/mol. The summed E-state index contributed by atoms with van der Waals surface area (Å²) < 4.78 is 11.2. The van der Waals surface area contributed by atoms with Gasteiger partial charge in [-0.05, 0) is 13.3 Å². The molecule has 2 unspecified atom stereocenters. The number of hydrogen-bond acceptors (Lipinski definition) is 2. The fourth-order valence-electron chi connectivity index (χ4n) is 1.54. The minimum Gasteiger partial charge on any atom is -0.313 e. The van der Waals surface area contributed by atoms with Crippen molar-refractivity contribution in [3.05, 3.63) is 0 Å². The normalized spacial score (nSPS) is 15.1. The van der Waals surface area contributed by atoms with Crippen molar-refractivity contribution in [1.82, 2.24) is 5.32 Å². The summed E-state index contributed by atoms with van der Waals surface area (Å²) in [6.07, 6.45) is 6.57. The van der Waals surface area contributed by atoms with Crippen molar-refractivity contribution in [3.63, 3.8) is 0 Å². The van der Waals surface area contributed by atoms with Crippen LogP contribution in [0.2, 0.25) is 0 Å². The van der Waals surface area contributed by atoms with Crippen LogP contribution in [-0.2, 0) is 10.8 Å². The Labute approximate surface area is 97.7 Å². The first kappa shape index (κ1) is 15.1. The van der Waals surface area contributed by atoms with E-state index in [2.05, 4.69) is 19.2 Å². The van der Waals surface area contributed by atoms with E-state index in [4.69, 9.17) is 0 Å². The predicted octanol–water partition coefficient (Wildman–Crippen LogP) is 2.70. The molecule has 0 aromatic heterocycles. The van der Waals surface area contributed by atoms with E-state index in [-0.39, 0.29) is 0 Å². The maximum atomic E-state index is 11.2. The molecule has 3 heteroatoms. The third-order valence-corrected chi connectivity index (χ3v) is 3.94. The summed E-state index contributed by atoms with van der Waals surface area (Å²) in [6, 6.07) is 0.579. The zero-order chi connectivity index (χ0) is 11.5. The summed E-state index contributed by atoms with van der Waals surface area (Å²) >= 11 is 0. The summed E-state index contributed by atoms with van der Waals surface area (Å²) in [7, 11) is -0.615. The average Bonchev–Trinajstić information content (AvgIpc) is 2.24. The number of hydrogen-bond donors (Lipinski definition) is 1. The summed E-state index contributed by atoms with van der Waals surface area (Å²) in [5.74, 6) is 1.59. The third-order valence-electron chi connectivity index (χ3n) is 2.64. The minimum atomic E-state index is -0.615. The van der Waals surface area contributed by atoms with E-state index in [0.717, 1.165) is 18.1 Å². The minimum absolute atomic E-state index is 0.579. The van der Waals surface area contributed by atoms with Gasteiger partial charge in [-0.3, -0.25) is 4.21 Å². The van der Waals surface area contributed by atoms with E-state index in [0.29, 0.717) is 6.04 Å². The van der Waals surface area contributed by atoms with E-state index < -0.39 is 10.8 Å². The van der Waals surface area contributed by atoms with E-state index in [1.807, 2.05) is 6.92 Å². The highest BCUT2D eigenvalue weighted by atomic mass is 32.2. The topological polar surface area (TPSA) is 29.1 Å². The van der Waals surface area contributed by atoms with E-state index in [9.17, 15) is 4.21 Å². The quantitative estimate of drug-likeness (QED) is 0.588. The van der Waals surface area contributed by atoms with E-state index in [1.54, 1.807) is 0 Å². The summed E-state index contributed by atoms with van der Waals surface area (Å²) in [6.45, 7) is 7.34. The molecule has 0 aromatic rings. The van der Waals surface area contributed by atoms with Gasteiger partial charge in [0.25, 0.3) is 0 Å². The van der Waals surface area contributed by atoms with Crippen LogP contribution in [0.4, 0.5) is 0 Å². The fraction of sp³-hybridized carbons (Fsp3) is 1.00. The van der Waals surface area contributed by atoms with Gasteiger partial charge >= 0.3 is 0 Å². The van der Waals surface area contributed by atoms with Gasteiger partial charge < -0.3 is 5.32 Å². The first-order valence-corrected chi connectivity index (χ1v) is 7.77. The van der Waals surface area contributed by atoms with Crippen LogP contribution in [0.15, 0.2) is 0 Å². The third kappa shape index (κ3) is 10.4. The molecule has 0 aliphatic carbocycles. The lowest BCUT2D eigenvalue weighted by Gasteiger charge is -2.13. The molecule has 0 bridgehead atoms. The maximum Gasteiger partial charge on any atom is 0.0360 e. The van der Waals surface area contributed by atoms with Gasteiger partial charge in [0.15, 0.2) is 0 Å². The summed E-state index contributed by atoms with van der Waals surface area (Å²) in [5, 5.41) is 3.43. The van der Waals surface area contributed by atoms with Crippen molar-refractivity contribution in [3.8, 4) is 0 Å². The van der Waals surface area contributed by atoms with Gasteiger partial charge in [0.1, 0.15) is 0 Å². The lowest BCUT2D eigenvalue weighted by atomic mass is 10.1. The molecule has 15 heavy (non-hydrogen) atoms. The molecule has 92 valence electrons. The van der Waals surface area contributed by atoms with Gasteiger partial charge in [0, 0.05) is 34.9 Å². The van der Waals surface area contributed by atoms with Gasteiger partial charge in [0.2, 0.25) is 0 Å². The molecule has 0 spiro atoms. The standard InChI is InChI=1S/C12H27NOS/c1-4-6-7-8-9-12(3)13-10-11-15(14)5-2/h12-13H,4-11H2,1-3H3. The smallest absolute Gasteiger partial charge is 0.0360 e. The van der Waals surface area contributed by atoms with Crippen LogP contribution in [0.1, 0.15) is 52.9 Å². The number of unbranched alkanes of at least 4 members (excludes halogenated alkanes) is 3. The Morgan fingerprint density at radius 3 is 2.53 bits per heavy atom. The highest BCUT2D eigenvalue weighted by molar-refractivity contribution is 7.84. The van der Waals surface area contributed by atoms with Crippen LogP contribution in [0.3, 0.4) is 0 Å². The molecule has 0 rings (SSSR count). The number of rotatable bonds is 10. The molecule has 1 N–H and O–H groups in total. The van der Waals surface area contributed by atoms with Gasteiger partial charge in [-0.1, -0.05) is 39.5 Å². The largest absolute Gasteiger partial charge is 0.313 e. The van der Waals surface area contributed by atoms with E-state index in [1.165, 1.54) is 32.1 Å². The van der Waals surface area contributed by atoms with Gasteiger partial charge in [-0.25, -0.2) is 0 Å². The Bertz CT molecular complexity index is 162. The van der Waals surface area contributed by atoms with Crippen LogP contribution < -0.4 is 5.32 Å². The van der Waals surface area contributed by atoms with Gasteiger partial charge in [0.05, 0.1) is 0 Å². The lowest BCUT2D eigenvalue weighted by Crippen LogP contribution is -2.30. The monoisotopic (exact) mass is 233 g/mol. The van der Waals surface area contributed by atoms with Crippen LogP contribution in [0.5, 0.6) is 0 Å². The molecular formula is C12H27NOS. The van der Waals surface area contributed by atoms with Crippen LogP contribution >= 0.6 is 0 Å². The van der Waals surface area contributed by atoms with Crippen molar-refractivity contribution in [1.29, 1.82) is 0 Å². The maximum absolute atomic E-state index is 11.2. The molecule has 0 aliphatic rings. The van der Waals surface area contributed by atoms with Crippen LogP contribution in [0, 0.1) is 0 Å². The molecule has 0 aliphatic heterocycles. The Morgan fingerprint density at radius 2 is 1.93 bits per heavy atom. The molecule has 0 radical (unpaired) electrons. The predicted molar refractivity (Wildman–Crippen MR) is 69.8 cm³/mol. The SMILES string of the molecule is CCCCCCC(C)NCCS(=O)CC. The Morgan fingerprint density at radius 1 is 1.20 bits per heavy atom. The van der Waals surface area contributed by atoms with Crippen molar-refractivity contribution in [2.75, 3.05) is 18.1 Å². The molecule has 0 heterocycles. The van der Waals surface area contributed by atoms with Crippen LogP contribution in [-0.4, -0.2) is 28.3 Å². The molecule has 2 atom stereocenters. The van der Waals surface area contributed by atoms with Crippen molar-refractivity contribution in [2.24, 2.45) is 0 Å². The Balaban J connectivity index is 3.25. The highest BCUT2D eigenvalue weighted by Crippen LogP contribution is 2.04. The summed E-state index contributed by atoms with van der Waals surface area (Å²) in [4.78, 5) is 0. The van der Waals surface area contributed by atoms with Crippen molar-refractivity contribution >= 4 is 10.8 Å². The molecular weight excluding hydrogens is 206 g/mol. The first-order valence-electron chi connectivity index (χ1n) is 6.29. The first-order chi connectivity index (χ1) is 7.20. The highest BCUT2D eigenvalue weighted by Gasteiger charge is 2.01. The van der Waals surface area contributed by atoms with Crippen molar-refractivity contribution < 1.29 is 4.21 Å². The van der Waals surface area contributed by atoms with Crippen LogP contribution in [0.25, 0.3) is 0 Å². The fourth-order valence-corrected chi connectivity index (χ4v) is 2.18. The second-order valence-corrected chi connectivity index (χ2v) is 6.00. The molecule has 0 aromatic carbocycles. The lowest BCUT2D eigenvalue weighted by molar-refractivity contribution is 0.495. The zero-order valence-electron chi connectivity index (χ0n) is 10.6. The molecule has 0 fully saturated rings. The number of nitrogens with one attached hydrogen (secondary N) is 1. The second-order valence-electron chi connectivity index (χ2n) is 4.14.